The maximum Gasteiger partial charge on any atom is 0.119 e. The van der Waals surface area contributed by atoms with Gasteiger partial charge in [0.2, 0.25) is 0 Å². The maximum atomic E-state index is 6.30. The molecule has 2 aliphatic rings. The van der Waals surface area contributed by atoms with Gasteiger partial charge in [-0.25, -0.2) is 0 Å². The second-order valence-electron chi connectivity index (χ2n) is 7.02. The lowest BCUT2D eigenvalue weighted by Crippen LogP contribution is -2.38. The van der Waals surface area contributed by atoms with E-state index in [4.69, 9.17) is 10.5 Å². The summed E-state index contributed by atoms with van der Waals surface area (Å²) in [7, 11) is 0. The van der Waals surface area contributed by atoms with Crippen molar-refractivity contribution in [1.82, 2.24) is 4.90 Å². The van der Waals surface area contributed by atoms with Crippen molar-refractivity contribution in [3.63, 3.8) is 0 Å². The van der Waals surface area contributed by atoms with E-state index in [9.17, 15) is 0 Å². The SMILES string of the molecule is CC(C)Oc1ccc(CN2CC3CCCC(N)C3C2)cc1.Cl. The van der Waals surface area contributed by atoms with Gasteiger partial charge in [0.1, 0.15) is 5.75 Å². The molecule has 22 heavy (non-hydrogen) atoms. The van der Waals surface area contributed by atoms with Crippen molar-refractivity contribution in [3.8, 4) is 5.75 Å². The highest BCUT2D eigenvalue weighted by Crippen LogP contribution is 2.36. The summed E-state index contributed by atoms with van der Waals surface area (Å²) in [6, 6.07) is 8.99. The number of nitrogens with zero attached hydrogens (tertiary/aromatic N) is 1. The summed E-state index contributed by atoms with van der Waals surface area (Å²) in [6.45, 7) is 7.56. The van der Waals surface area contributed by atoms with E-state index in [0.29, 0.717) is 6.04 Å². The van der Waals surface area contributed by atoms with Gasteiger partial charge in [0.05, 0.1) is 6.10 Å². The molecule has 1 aromatic carbocycles. The van der Waals surface area contributed by atoms with Crippen molar-refractivity contribution in [1.29, 1.82) is 0 Å². The molecular weight excluding hydrogens is 296 g/mol. The van der Waals surface area contributed by atoms with Crippen molar-refractivity contribution in [2.24, 2.45) is 17.6 Å². The largest absolute Gasteiger partial charge is 0.491 e. The van der Waals surface area contributed by atoms with Crippen LogP contribution in [0.25, 0.3) is 0 Å². The van der Waals surface area contributed by atoms with Crippen molar-refractivity contribution in [2.45, 2.75) is 51.8 Å². The lowest BCUT2D eigenvalue weighted by Gasteiger charge is -2.29. The monoisotopic (exact) mass is 324 g/mol. The van der Waals surface area contributed by atoms with Crippen molar-refractivity contribution in [2.75, 3.05) is 13.1 Å². The van der Waals surface area contributed by atoms with Gasteiger partial charge in [-0.2, -0.15) is 0 Å². The normalized spacial score (nSPS) is 28.3. The Labute approximate surface area is 140 Å². The van der Waals surface area contributed by atoms with Crippen LogP contribution >= 0.6 is 12.4 Å². The Morgan fingerprint density at radius 2 is 1.91 bits per heavy atom. The molecule has 3 rings (SSSR count). The van der Waals surface area contributed by atoms with Crippen LogP contribution in [0.5, 0.6) is 5.75 Å². The first-order valence-electron chi connectivity index (χ1n) is 8.35. The Morgan fingerprint density at radius 3 is 2.55 bits per heavy atom. The highest BCUT2D eigenvalue weighted by atomic mass is 35.5. The molecule has 0 amide bonds. The minimum Gasteiger partial charge on any atom is -0.491 e. The first kappa shape index (κ1) is 17.6. The van der Waals surface area contributed by atoms with Gasteiger partial charge in [-0.1, -0.05) is 18.6 Å². The zero-order valence-electron chi connectivity index (χ0n) is 13.7. The fourth-order valence-electron chi connectivity index (χ4n) is 3.94. The van der Waals surface area contributed by atoms with Crippen LogP contribution in [0.2, 0.25) is 0 Å². The van der Waals surface area contributed by atoms with Gasteiger partial charge in [0.15, 0.2) is 0 Å². The van der Waals surface area contributed by atoms with Crippen LogP contribution in [0.3, 0.4) is 0 Å². The van der Waals surface area contributed by atoms with Crippen LogP contribution in [0.15, 0.2) is 24.3 Å². The Bertz CT molecular complexity index is 463. The standard InChI is InChI=1S/C18H28N2O.ClH/c1-13(2)21-16-8-6-14(7-9-16)10-20-11-15-4-3-5-18(19)17(15)12-20;/h6-9,13,15,17-18H,3-5,10-12,19H2,1-2H3;1H. The molecule has 3 atom stereocenters. The van der Waals surface area contributed by atoms with Crippen LogP contribution in [0.4, 0.5) is 0 Å². The molecule has 0 spiro atoms. The highest BCUT2D eigenvalue weighted by Gasteiger charge is 2.38. The summed E-state index contributed by atoms with van der Waals surface area (Å²) in [5.41, 5.74) is 7.67. The molecule has 2 N–H and O–H groups in total. The number of nitrogens with two attached hydrogens (primary N) is 1. The number of likely N-dealkylation sites (tertiary alicyclic amines) is 1. The van der Waals surface area contributed by atoms with E-state index in [1.807, 2.05) is 0 Å². The van der Waals surface area contributed by atoms with Crippen LogP contribution in [0, 0.1) is 11.8 Å². The van der Waals surface area contributed by atoms with E-state index >= 15 is 0 Å². The molecule has 0 bridgehead atoms. The number of benzene rings is 1. The Kier molecular flexibility index (Phi) is 6.13. The van der Waals surface area contributed by atoms with Crippen molar-refractivity contribution < 1.29 is 4.74 Å². The third-order valence-corrected chi connectivity index (χ3v) is 4.93. The summed E-state index contributed by atoms with van der Waals surface area (Å²) in [5, 5.41) is 0. The molecule has 4 heteroatoms. The smallest absolute Gasteiger partial charge is 0.119 e. The molecular formula is C18H29ClN2O. The van der Waals surface area contributed by atoms with Gasteiger partial charge < -0.3 is 10.5 Å². The van der Waals surface area contributed by atoms with E-state index in [0.717, 1.165) is 24.1 Å². The molecule has 2 fully saturated rings. The summed E-state index contributed by atoms with van der Waals surface area (Å²) in [6.07, 6.45) is 4.14. The highest BCUT2D eigenvalue weighted by molar-refractivity contribution is 5.85. The average Bonchev–Trinajstić information content (AvgIpc) is 2.84. The lowest BCUT2D eigenvalue weighted by atomic mass is 9.78. The fourth-order valence-corrected chi connectivity index (χ4v) is 3.94. The van der Waals surface area contributed by atoms with Crippen molar-refractivity contribution in [3.05, 3.63) is 29.8 Å². The molecule has 1 saturated carbocycles. The number of halogens is 1. The quantitative estimate of drug-likeness (QED) is 0.922. The molecule has 1 aliphatic carbocycles. The Morgan fingerprint density at radius 1 is 1.18 bits per heavy atom. The third-order valence-electron chi connectivity index (χ3n) is 4.93. The lowest BCUT2D eigenvalue weighted by molar-refractivity contribution is 0.242. The topological polar surface area (TPSA) is 38.5 Å². The number of ether oxygens (including phenoxy) is 1. The third kappa shape index (κ3) is 4.15. The zero-order valence-corrected chi connectivity index (χ0v) is 14.5. The first-order chi connectivity index (χ1) is 10.1. The minimum atomic E-state index is 0. The number of fused-ring (bicyclic) bond motifs is 1. The summed E-state index contributed by atoms with van der Waals surface area (Å²) in [4.78, 5) is 2.58. The number of hydrogen-bond donors (Lipinski definition) is 1. The van der Waals surface area contributed by atoms with E-state index in [1.54, 1.807) is 0 Å². The predicted molar refractivity (Wildman–Crippen MR) is 93.5 cm³/mol. The van der Waals surface area contributed by atoms with Crippen molar-refractivity contribution >= 4 is 12.4 Å². The van der Waals surface area contributed by atoms with E-state index in [1.165, 1.54) is 37.9 Å². The van der Waals surface area contributed by atoms with Gasteiger partial charge >= 0.3 is 0 Å². The fraction of sp³-hybridized carbons (Fsp3) is 0.667. The van der Waals surface area contributed by atoms with Crippen LogP contribution in [-0.2, 0) is 6.54 Å². The second-order valence-corrected chi connectivity index (χ2v) is 7.02. The molecule has 0 radical (unpaired) electrons. The summed E-state index contributed by atoms with van der Waals surface area (Å²) < 4.78 is 5.70. The first-order valence-corrected chi connectivity index (χ1v) is 8.35. The van der Waals surface area contributed by atoms with Gasteiger partial charge in [0.25, 0.3) is 0 Å². The van der Waals surface area contributed by atoms with Crippen LogP contribution in [-0.4, -0.2) is 30.1 Å². The van der Waals surface area contributed by atoms with Gasteiger partial charge in [-0.15, -0.1) is 12.4 Å². The van der Waals surface area contributed by atoms with Crippen LogP contribution in [0.1, 0.15) is 38.7 Å². The molecule has 1 aliphatic heterocycles. The van der Waals surface area contributed by atoms with E-state index in [2.05, 4.69) is 43.0 Å². The maximum absolute atomic E-state index is 6.30. The molecule has 1 heterocycles. The van der Waals surface area contributed by atoms with Gasteiger partial charge in [-0.05, 0) is 56.2 Å². The molecule has 1 aromatic rings. The van der Waals surface area contributed by atoms with Crippen LogP contribution < -0.4 is 10.5 Å². The molecule has 124 valence electrons. The summed E-state index contributed by atoms with van der Waals surface area (Å²) >= 11 is 0. The Balaban J connectivity index is 0.00000176. The number of rotatable bonds is 4. The molecule has 0 aromatic heterocycles. The van der Waals surface area contributed by atoms with Gasteiger partial charge in [0, 0.05) is 25.7 Å². The molecule has 3 nitrogen and oxygen atoms in total. The zero-order chi connectivity index (χ0) is 14.8. The predicted octanol–water partition coefficient (Wildman–Crippen LogP) is 3.45. The molecule has 3 unspecified atom stereocenters. The average molecular weight is 325 g/mol. The molecule has 1 saturated heterocycles. The van der Waals surface area contributed by atoms with Gasteiger partial charge in [-0.3, -0.25) is 4.90 Å². The Hall–Kier alpha value is -0.770. The number of hydrogen-bond acceptors (Lipinski definition) is 3. The summed E-state index contributed by atoms with van der Waals surface area (Å²) in [5.74, 6) is 2.52. The minimum absolute atomic E-state index is 0. The van der Waals surface area contributed by atoms with E-state index in [-0.39, 0.29) is 18.5 Å². The van der Waals surface area contributed by atoms with E-state index < -0.39 is 0 Å². The second kappa shape index (κ2) is 7.67.